The van der Waals surface area contributed by atoms with E-state index in [4.69, 9.17) is 4.99 Å². The van der Waals surface area contributed by atoms with Crippen molar-refractivity contribution in [3.8, 4) is 0 Å². The molecular formula is C19H25N2+. The smallest absolute Gasteiger partial charge is 0.191 e. The Balaban J connectivity index is 1.65. The number of rotatable bonds is 2. The minimum absolute atomic E-state index is 0.468. The van der Waals surface area contributed by atoms with Crippen LogP contribution in [0.5, 0.6) is 0 Å². The minimum Gasteiger partial charge on any atom is -0.243 e. The molecule has 6 rings (SSSR count). The summed E-state index contributed by atoms with van der Waals surface area (Å²) in [5, 5.41) is 0. The molecule has 0 N–H and O–H groups in total. The lowest BCUT2D eigenvalue weighted by Crippen LogP contribution is -2.70. The third-order valence-corrected chi connectivity index (χ3v) is 6.93. The molecule has 1 aliphatic heterocycles. The molecule has 0 amide bonds. The molecule has 4 aliphatic carbocycles. The summed E-state index contributed by atoms with van der Waals surface area (Å²) < 4.78 is 1.07. The highest BCUT2D eigenvalue weighted by molar-refractivity contribution is 5.77. The zero-order valence-electron chi connectivity index (χ0n) is 12.7. The maximum absolute atomic E-state index is 4.72. The molecule has 0 spiro atoms. The maximum Gasteiger partial charge on any atom is 0.191 e. The predicted molar refractivity (Wildman–Crippen MR) is 87.4 cm³/mol. The van der Waals surface area contributed by atoms with E-state index in [-0.39, 0.29) is 0 Å². The van der Waals surface area contributed by atoms with Crippen LogP contribution in [0.4, 0.5) is 5.69 Å². The Labute approximate surface area is 127 Å². The fraction of sp³-hybridized carbons (Fsp3) is 0.632. The molecular weight excluding hydrogens is 256 g/mol. The molecule has 2 nitrogen and oxygen atoms in total. The fourth-order valence-electron chi connectivity index (χ4n) is 6.55. The van der Waals surface area contributed by atoms with Crippen molar-refractivity contribution in [2.75, 3.05) is 13.1 Å². The van der Waals surface area contributed by atoms with Gasteiger partial charge in [0, 0.05) is 19.3 Å². The number of benzene rings is 1. The van der Waals surface area contributed by atoms with E-state index in [1.807, 2.05) is 0 Å². The van der Waals surface area contributed by atoms with Crippen molar-refractivity contribution in [1.82, 2.24) is 4.48 Å². The van der Waals surface area contributed by atoms with Crippen molar-refractivity contribution in [1.29, 1.82) is 0 Å². The van der Waals surface area contributed by atoms with Gasteiger partial charge >= 0.3 is 0 Å². The van der Waals surface area contributed by atoms with Gasteiger partial charge in [-0.3, -0.25) is 0 Å². The Morgan fingerprint density at radius 2 is 1.52 bits per heavy atom. The van der Waals surface area contributed by atoms with Crippen LogP contribution in [-0.4, -0.2) is 25.0 Å². The lowest BCUT2D eigenvalue weighted by Gasteiger charge is -2.61. The lowest BCUT2D eigenvalue weighted by molar-refractivity contribution is -0.0547. The van der Waals surface area contributed by atoms with Crippen molar-refractivity contribution in [3.05, 3.63) is 30.3 Å². The van der Waals surface area contributed by atoms with Crippen LogP contribution in [0.1, 0.15) is 38.5 Å². The van der Waals surface area contributed by atoms with Crippen LogP contribution in [-0.2, 0) is 0 Å². The second-order valence-corrected chi connectivity index (χ2v) is 8.09. The second-order valence-electron chi connectivity index (χ2n) is 8.09. The standard InChI is InChI=1S/C19H25N2/c1-2-4-18(5-3-1)21(7-6-20-14-21)19-11-15-8-16(12-19)10-17(9-15)13-19/h1-5,14-17H,6-13H2/q+1. The van der Waals surface area contributed by atoms with E-state index in [0.29, 0.717) is 5.54 Å². The van der Waals surface area contributed by atoms with Gasteiger partial charge in [-0.15, -0.1) is 0 Å². The Kier molecular flexibility index (Phi) is 2.48. The van der Waals surface area contributed by atoms with Crippen molar-refractivity contribution in [3.63, 3.8) is 0 Å². The van der Waals surface area contributed by atoms with Crippen molar-refractivity contribution >= 4 is 12.0 Å². The number of hydrogen-bond acceptors (Lipinski definition) is 1. The van der Waals surface area contributed by atoms with Crippen molar-refractivity contribution in [2.45, 2.75) is 44.1 Å². The highest BCUT2D eigenvalue weighted by atomic mass is 15.5. The van der Waals surface area contributed by atoms with E-state index in [2.05, 4.69) is 36.7 Å². The van der Waals surface area contributed by atoms with Gasteiger partial charge in [0.1, 0.15) is 17.8 Å². The molecule has 2 heteroatoms. The summed E-state index contributed by atoms with van der Waals surface area (Å²) in [7, 11) is 0. The van der Waals surface area contributed by atoms with Crippen LogP contribution in [0.2, 0.25) is 0 Å². The number of quaternary nitrogens is 1. The molecule has 4 fully saturated rings. The SMILES string of the molecule is C1=NCC[N+]1(c1ccccc1)C12CC3CC(CC(C3)C1)C2. The summed E-state index contributed by atoms with van der Waals surface area (Å²) in [6.07, 6.45) is 11.2. The van der Waals surface area contributed by atoms with E-state index in [9.17, 15) is 0 Å². The van der Waals surface area contributed by atoms with Crippen molar-refractivity contribution in [2.24, 2.45) is 22.7 Å². The summed E-state index contributed by atoms with van der Waals surface area (Å²) in [4.78, 5) is 4.72. The fourth-order valence-corrected chi connectivity index (χ4v) is 6.55. The zero-order valence-corrected chi connectivity index (χ0v) is 12.7. The molecule has 5 aliphatic rings. The van der Waals surface area contributed by atoms with Gasteiger partial charge in [0.15, 0.2) is 6.34 Å². The quantitative estimate of drug-likeness (QED) is 0.726. The molecule has 0 radical (unpaired) electrons. The monoisotopic (exact) mass is 281 g/mol. The zero-order chi connectivity index (χ0) is 13.9. The summed E-state index contributed by atoms with van der Waals surface area (Å²) in [6, 6.07) is 11.3. The Hall–Kier alpha value is -1.15. The normalized spacial score (nSPS) is 47.1. The van der Waals surface area contributed by atoms with Crippen LogP contribution in [0, 0.1) is 17.8 Å². The first-order valence-electron chi connectivity index (χ1n) is 8.74. The van der Waals surface area contributed by atoms with Gasteiger partial charge in [-0.05, 0) is 49.1 Å². The molecule has 4 bridgehead atoms. The topological polar surface area (TPSA) is 12.4 Å². The van der Waals surface area contributed by atoms with Gasteiger partial charge in [0.2, 0.25) is 0 Å². The van der Waals surface area contributed by atoms with Gasteiger partial charge in [0.25, 0.3) is 0 Å². The van der Waals surface area contributed by atoms with E-state index >= 15 is 0 Å². The molecule has 1 heterocycles. The van der Waals surface area contributed by atoms with E-state index in [0.717, 1.165) is 28.8 Å². The van der Waals surface area contributed by atoms with Gasteiger partial charge in [-0.2, -0.15) is 0 Å². The number of nitrogens with zero attached hydrogens (tertiary/aromatic N) is 2. The molecule has 1 aromatic rings. The van der Waals surface area contributed by atoms with Crippen LogP contribution < -0.4 is 4.48 Å². The maximum atomic E-state index is 4.72. The Morgan fingerprint density at radius 3 is 2.05 bits per heavy atom. The van der Waals surface area contributed by atoms with E-state index in [1.165, 1.54) is 50.8 Å². The van der Waals surface area contributed by atoms with Gasteiger partial charge in [0.05, 0.1) is 6.54 Å². The van der Waals surface area contributed by atoms with E-state index < -0.39 is 0 Å². The molecule has 0 aromatic heterocycles. The minimum atomic E-state index is 0.468. The molecule has 1 unspecified atom stereocenters. The lowest BCUT2D eigenvalue weighted by atomic mass is 9.52. The Bertz CT molecular complexity index is 541. The first kappa shape index (κ1) is 12.4. The van der Waals surface area contributed by atoms with Gasteiger partial charge < -0.3 is 0 Å². The number of para-hydroxylation sites is 1. The third-order valence-electron chi connectivity index (χ3n) is 6.93. The Morgan fingerprint density at radius 1 is 0.905 bits per heavy atom. The summed E-state index contributed by atoms with van der Waals surface area (Å²) >= 11 is 0. The highest BCUT2D eigenvalue weighted by Crippen LogP contribution is 2.60. The molecule has 110 valence electrons. The molecule has 0 saturated heterocycles. The van der Waals surface area contributed by atoms with Crippen LogP contribution in [0.25, 0.3) is 0 Å². The number of aliphatic imine (C=N–C) groups is 1. The van der Waals surface area contributed by atoms with Crippen LogP contribution in [0.3, 0.4) is 0 Å². The van der Waals surface area contributed by atoms with Gasteiger partial charge in [-0.1, -0.05) is 18.2 Å². The first-order valence-corrected chi connectivity index (χ1v) is 8.74. The molecule has 1 atom stereocenters. The average Bonchev–Trinajstić information content (AvgIpc) is 2.98. The largest absolute Gasteiger partial charge is 0.243 e. The molecule has 21 heavy (non-hydrogen) atoms. The molecule has 1 aromatic carbocycles. The summed E-state index contributed by atoms with van der Waals surface area (Å²) in [5.41, 5.74) is 1.96. The third kappa shape index (κ3) is 1.60. The van der Waals surface area contributed by atoms with E-state index in [1.54, 1.807) is 0 Å². The summed E-state index contributed by atoms with van der Waals surface area (Å²) in [5.74, 6) is 3.01. The predicted octanol–water partition coefficient (Wildman–Crippen LogP) is 4.00. The van der Waals surface area contributed by atoms with Crippen LogP contribution in [0.15, 0.2) is 35.3 Å². The summed E-state index contributed by atoms with van der Waals surface area (Å²) in [6.45, 7) is 2.20. The van der Waals surface area contributed by atoms with Gasteiger partial charge in [-0.25, -0.2) is 9.48 Å². The highest BCUT2D eigenvalue weighted by Gasteiger charge is 2.62. The number of hydrogen-bond donors (Lipinski definition) is 0. The van der Waals surface area contributed by atoms with Crippen LogP contribution >= 0.6 is 0 Å². The molecule has 4 saturated carbocycles. The van der Waals surface area contributed by atoms with Crippen molar-refractivity contribution < 1.29 is 0 Å². The second kappa shape index (κ2) is 4.19. The first-order chi connectivity index (χ1) is 10.3. The average molecular weight is 281 g/mol.